The predicted octanol–water partition coefficient (Wildman–Crippen LogP) is 3.30. The molecule has 3 N–H and O–H groups in total. The summed E-state index contributed by atoms with van der Waals surface area (Å²) in [6, 6.07) is 7.80. The molecule has 6 heteroatoms. The fourth-order valence-corrected chi connectivity index (χ4v) is 2.81. The van der Waals surface area contributed by atoms with Crippen molar-refractivity contribution in [2.24, 2.45) is 0 Å². The zero-order valence-electron chi connectivity index (χ0n) is 12.1. The van der Waals surface area contributed by atoms with E-state index in [9.17, 15) is 4.79 Å². The number of hydrazine groups is 1. The van der Waals surface area contributed by atoms with Crippen molar-refractivity contribution in [2.75, 3.05) is 5.32 Å². The number of aryl methyl sites for hydroxylation is 2. The normalized spacial score (nSPS) is 10.0. The van der Waals surface area contributed by atoms with Crippen LogP contribution in [0.5, 0.6) is 0 Å². The Hall–Kier alpha value is -1.92. The largest absolute Gasteiger partial charge is 0.331 e. The van der Waals surface area contributed by atoms with Crippen molar-refractivity contribution in [2.45, 2.75) is 20.8 Å². The average molecular weight is 319 g/mol. The Balaban J connectivity index is 1.91. The summed E-state index contributed by atoms with van der Waals surface area (Å²) in [6.45, 7) is 5.92. The summed E-state index contributed by atoms with van der Waals surface area (Å²) in [4.78, 5) is 13.2. The van der Waals surface area contributed by atoms with E-state index in [-0.39, 0.29) is 5.91 Å². The van der Waals surface area contributed by atoms with E-state index in [0.29, 0.717) is 10.7 Å². The number of carbonyl (C=O) groups is 1. The van der Waals surface area contributed by atoms with Crippen LogP contribution in [0, 0.1) is 20.8 Å². The van der Waals surface area contributed by atoms with E-state index < -0.39 is 0 Å². The summed E-state index contributed by atoms with van der Waals surface area (Å²) >= 11 is 6.73. The van der Waals surface area contributed by atoms with Gasteiger partial charge in [-0.15, -0.1) is 11.3 Å². The summed E-state index contributed by atoms with van der Waals surface area (Å²) in [5.74, 6) is -0.189. The number of thiophene rings is 1. The number of thiocarbonyl (C=S) groups is 1. The van der Waals surface area contributed by atoms with E-state index >= 15 is 0 Å². The third-order valence-corrected chi connectivity index (χ3v) is 4.43. The minimum Gasteiger partial charge on any atom is -0.331 e. The lowest BCUT2D eigenvalue weighted by Crippen LogP contribution is -2.43. The number of para-hydroxylation sites is 1. The standard InChI is InChI=1S/C15H17N3OS2/c1-9-6-4-5-7-13(9)16-15(20)18-17-14(19)12-8-21-11(3)10(12)2/h4-8H,1-3H3,(H,17,19)(H2,16,18,20). The second-order valence-electron chi connectivity index (χ2n) is 4.68. The van der Waals surface area contributed by atoms with Gasteiger partial charge in [-0.05, 0) is 50.2 Å². The molecule has 1 heterocycles. The Labute approximate surface area is 133 Å². The molecule has 21 heavy (non-hydrogen) atoms. The van der Waals surface area contributed by atoms with Crippen molar-refractivity contribution in [1.82, 2.24) is 10.9 Å². The van der Waals surface area contributed by atoms with E-state index in [1.165, 1.54) is 0 Å². The molecular weight excluding hydrogens is 302 g/mol. The summed E-state index contributed by atoms with van der Waals surface area (Å²) < 4.78 is 0. The first kappa shape index (κ1) is 15.5. The summed E-state index contributed by atoms with van der Waals surface area (Å²) in [6.07, 6.45) is 0. The topological polar surface area (TPSA) is 53.2 Å². The van der Waals surface area contributed by atoms with Gasteiger partial charge in [0.1, 0.15) is 0 Å². The van der Waals surface area contributed by atoms with Crippen LogP contribution in [0.25, 0.3) is 0 Å². The monoisotopic (exact) mass is 319 g/mol. The van der Waals surface area contributed by atoms with Crippen LogP contribution in [0.2, 0.25) is 0 Å². The highest BCUT2D eigenvalue weighted by molar-refractivity contribution is 7.80. The van der Waals surface area contributed by atoms with Crippen LogP contribution in [0.3, 0.4) is 0 Å². The summed E-state index contributed by atoms with van der Waals surface area (Å²) in [5, 5.41) is 5.24. The van der Waals surface area contributed by atoms with Gasteiger partial charge < -0.3 is 5.32 Å². The highest BCUT2D eigenvalue weighted by atomic mass is 32.1. The Kier molecular flexibility index (Phi) is 4.93. The van der Waals surface area contributed by atoms with Crippen molar-refractivity contribution in [3.05, 3.63) is 51.2 Å². The van der Waals surface area contributed by atoms with Gasteiger partial charge in [0.05, 0.1) is 5.56 Å². The number of amides is 1. The first-order valence-corrected chi connectivity index (χ1v) is 7.75. The molecule has 0 saturated heterocycles. The second kappa shape index (κ2) is 6.69. The van der Waals surface area contributed by atoms with Crippen molar-refractivity contribution in [3.63, 3.8) is 0 Å². The quantitative estimate of drug-likeness (QED) is 0.587. The molecule has 2 rings (SSSR count). The van der Waals surface area contributed by atoms with Gasteiger partial charge in [-0.3, -0.25) is 15.6 Å². The van der Waals surface area contributed by atoms with Crippen LogP contribution in [0.1, 0.15) is 26.4 Å². The Morgan fingerprint density at radius 1 is 1.14 bits per heavy atom. The smallest absolute Gasteiger partial charge is 0.270 e. The molecule has 4 nitrogen and oxygen atoms in total. The molecule has 0 aliphatic carbocycles. The molecular formula is C15H17N3OS2. The molecule has 110 valence electrons. The van der Waals surface area contributed by atoms with Crippen LogP contribution >= 0.6 is 23.6 Å². The van der Waals surface area contributed by atoms with Crippen LogP contribution in [0.15, 0.2) is 29.6 Å². The summed E-state index contributed by atoms with van der Waals surface area (Å²) in [5.41, 5.74) is 8.98. The molecule has 0 aliphatic rings. The lowest BCUT2D eigenvalue weighted by Gasteiger charge is -2.13. The molecule has 2 aromatic rings. The molecule has 1 aromatic carbocycles. The number of carbonyl (C=O) groups excluding carboxylic acids is 1. The van der Waals surface area contributed by atoms with E-state index in [0.717, 1.165) is 21.7 Å². The molecule has 0 fully saturated rings. The van der Waals surface area contributed by atoms with Gasteiger partial charge in [0.15, 0.2) is 5.11 Å². The molecule has 0 aliphatic heterocycles. The maximum atomic E-state index is 12.0. The van der Waals surface area contributed by atoms with Gasteiger partial charge in [0, 0.05) is 15.9 Å². The molecule has 0 unspecified atom stereocenters. The lowest BCUT2D eigenvalue weighted by atomic mass is 10.2. The second-order valence-corrected chi connectivity index (χ2v) is 6.17. The fraction of sp³-hybridized carbons (Fsp3) is 0.200. The number of hydrogen-bond donors (Lipinski definition) is 3. The van der Waals surface area contributed by atoms with Crippen molar-refractivity contribution < 1.29 is 4.79 Å². The fourth-order valence-electron chi connectivity index (χ4n) is 1.79. The lowest BCUT2D eigenvalue weighted by molar-refractivity contribution is 0.0944. The number of benzene rings is 1. The zero-order chi connectivity index (χ0) is 15.4. The molecule has 0 spiro atoms. The van der Waals surface area contributed by atoms with Crippen molar-refractivity contribution >= 4 is 40.3 Å². The third-order valence-electron chi connectivity index (χ3n) is 3.21. The Morgan fingerprint density at radius 3 is 2.48 bits per heavy atom. The van der Waals surface area contributed by atoms with Gasteiger partial charge in [-0.2, -0.15) is 0 Å². The predicted molar refractivity (Wildman–Crippen MR) is 91.8 cm³/mol. The molecule has 1 aromatic heterocycles. The van der Waals surface area contributed by atoms with Crippen LogP contribution in [-0.2, 0) is 0 Å². The molecule has 0 saturated carbocycles. The van der Waals surface area contributed by atoms with Crippen LogP contribution in [-0.4, -0.2) is 11.0 Å². The summed E-state index contributed by atoms with van der Waals surface area (Å²) in [7, 11) is 0. The van der Waals surface area contributed by atoms with Crippen molar-refractivity contribution in [3.8, 4) is 0 Å². The maximum Gasteiger partial charge on any atom is 0.270 e. The van der Waals surface area contributed by atoms with E-state index in [2.05, 4.69) is 16.2 Å². The average Bonchev–Trinajstić information content (AvgIpc) is 2.79. The molecule has 0 radical (unpaired) electrons. The maximum absolute atomic E-state index is 12.0. The zero-order valence-corrected chi connectivity index (χ0v) is 13.7. The Morgan fingerprint density at radius 2 is 1.86 bits per heavy atom. The van der Waals surface area contributed by atoms with Crippen LogP contribution in [0.4, 0.5) is 5.69 Å². The number of rotatable bonds is 2. The van der Waals surface area contributed by atoms with Gasteiger partial charge in [-0.1, -0.05) is 18.2 Å². The van der Waals surface area contributed by atoms with Crippen molar-refractivity contribution in [1.29, 1.82) is 0 Å². The minimum atomic E-state index is -0.189. The third kappa shape index (κ3) is 3.80. The van der Waals surface area contributed by atoms with E-state index in [1.54, 1.807) is 11.3 Å². The van der Waals surface area contributed by atoms with Crippen LogP contribution < -0.4 is 16.2 Å². The highest BCUT2D eigenvalue weighted by Gasteiger charge is 2.12. The van der Waals surface area contributed by atoms with Gasteiger partial charge in [-0.25, -0.2) is 0 Å². The highest BCUT2D eigenvalue weighted by Crippen LogP contribution is 2.20. The van der Waals surface area contributed by atoms with Gasteiger partial charge >= 0.3 is 0 Å². The van der Waals surface area contributed by atoms with Gasteiger partial charge in [0.2, 0.25) is 0 Å². The number of hydrogen-bond acceptors (Lipinski definition) is 3. The first-order valence-electron chi connectivity index (χ1n) is 6.46. The molecule has 0 atom stereocenters. The van der Waals surface area contributed by atoms with Gasteiger partial charge in [0.25, 0.3) is 5.91 Å². The Bertz CT molecular complexity index is 679. The van der Waals surface area contributed by atoms with E-state index in [1.807, 2.05) is 50.4 Å². The van der Waals surface area contributed by atoms with E-state index in [4.69, 9.17) is 12.2 Å². The number of anilines is 1. The SMILES string of the molecule is Cc1ccccc1NC(=S)NNC(=O)c1csc(C)c1C. The molecule has 0 bridgehead atoms. The number of nitrogens with one attached hydrogen (secondary N) is 3. The first-order chi connectivity index (χ1) is 9.99. The molecule has 1 amide bonds. The minimum absolute atomic E-state index is 0.189.